The van der Waals surface area contributed by atoms with Crippen LogP contribution in [0.3, 0.4) is 0 Å². The van der Waals surface area contributed by atoms with Crippen LogP contribution in [0.2, 0.25) is 0 Å². The van der Waals surface area contributed by atoms with Crippen molar-refractivity contribution in [1.29, 1.82) is 0 Å². The summed E-state index contributed by atoms with van der Waals surface area (Å²) in [6.07, 6.45) is 0. The van der Waals surface area contributed by atoms with Crippen molar-refractivity contribution in [2.75, 3.05) is 5.73 Å². The number of nitrogens with zero attached hydrogens (tertiary/aromatic N) is 2. The fourth-order valence-electron chi connectivity index (χ4n) is 2.10. The monoisotopic (exact) mass is 223 g/mol. The highest BCUT2D eigenvalue weighted by molar-refractivity contribution is 5.92. The molecule has 3 aromatic rings. The van der Waals surface area contributed by atoms with Crippen LogP contribution in [0.15, 0.2) is 48.5 Å². The molecule has 0 atom stereocenters. The number of anilines is 1. The average molecular weight is 223 g/mol. The van der Waals surface area contributed by atoms with Gasteiger partial charge in [0, 0.05) is 5.39 Å². The summed E-state index contributed by atoms with van der Waals surface area (Å²) in [4.78, 5) is 0. The van der Waals surface area contributed by atoms with Crippen molar-refractivity contribution in [3.63, 3.8) is 0 Å². The van der Waals surface area contributed by atoms with Crippen LogP contribution < -0.4 is 5.73 Å². The molecule has 0 bridgehead atoms. The molecule has 0 unspecified atom stereocenters. The van der Waals surface area contributed by atoms with E-state index in [-0.39, 0.29) is 0 Å². The molecule has 0 aliphatic carbocycles. The summed E-state index contributed by atoms with van der Waals surface area (Å²) in [5.74, 6) is 0. The number of aromatic nitrogens is 2. The van der Waals surface area contributed by atoms with Crippen LogP contribution in [0.5, 0.6) is 0 Å². The first kappa shape index (κ1) is 9.90. The van der Waals surface area contributed by atoms with Gasteiger partial charge in [0.25, 0.3) is 0 Å². The molecule has 1 heterocycles. The number of benzene rings is 2. The lowest BCUT2D eigenvalue weighted by molar-refractivity contribution is 0.890. The topological polar surface area (TPSA) is 43.8 Å². The normalized spacial score (nSPS) is 10.9. The second-order valence-corrected chi connectivity index (χ2v) is 4.08. The van der Waals surface area contributed by atoms with Gasteiger partial charge in [0.2, 0.25) is 0 Å². The Morgan fingerprint density at radius 1 is 1.00 bits per heavy atom. The van der Waals surface area contributed by atoms with Gasteiger partial charge in [-0.3, -0.25) is 0 Å². The summed E-state index contributed by atoms with van der Waals surface area (Å²) in [6.45, 7) is 2.00. The second kappa shape index (κ2) is 3.63. The third kappa shape index (κ3) is 1.47. The molecule has 2 N–H and O–H groups in total. The van der Waals surface area contributed by atoms with Crippen molar-refractivity contribution in [3.05, 3.63) is 54.2 Å². The minimum Gasteiger partial charge on any atom is -0.397 e. The number of nitrogen functional groups attached to an aromatic ring is 1. The Hall–Kier alpha value is -2.29. The van der Waals surface area contributed by atoms with E-state index >= 15 is 0 Å². The number of para-hydroxylation sites is 2. The number of fused-ring (bicyclic) bond motifs is 1. The second-order valence-electron chi connectivity index (χ2n) is 4.08. The zero-order valence-electron chi connectivity index (χ0n) is 9.59. The maximum Gasteiger partial charge on any atom is 0.0973 e. The molecule has 1 aromatic heterocycles. The van der Waals surface area contributed by atoms with Crippen LogP contribution in [-0.2, 0) is 0 Å². The van der Waals surface area contributed by atoms with Crippen LogP contribution >= 0.6 is 0 Å². The lowest BCUT2D eigenvalue weighted by Crippen LogP contribution is -1.98. The van der Waals surface area contributed by atoms with Crippen LogP contribution in [-0.4, -0.2) is 9.78 Å². The van der Waals surface area contributed by atoms with Crippen molar-refractivity contribution in [1.82, 2.24) is 9.78 Å². The van der Waals surface area contributed by atoms with Gasteiger partial charge in [0.05, 0.1) is 22.6 Å². The molecule has 0 aliphatic heterocycles. The molecular formula is C14H13N3. The molecule has 17 heavy (non-hydrogen) atoms. The van der Waals surface area contributed by atoms with Crippen LogP contribution in [0.1, 0.15) is 5.69 Å². The first-order valence-electron chi connectivity index (χ1n) is 5.56. The molecule has 0 radical (unpaired) electrons. The SMILES string of the molecule is Cc1nn(-c2ccccc2)c2c(N)cccc12. The zero-order valence-corrected chi connectivity index (χ0v) is 9.59. The highest BCUT2D eigenvalue weighted by Crippen LogP contribution is 2.26. The number of rotatable bonds is 1. The van der Waals surface area contributed by atoms with Gasteiger partial charge < -0.3 is 5.73 Å². The third-order valence-electron chi connectivity index (χ3n) is 2.92. The molecule has 3 nitrogen and oxygen atoms in total. The van der Waals surface area contributed by atoms with E-state index in [1.54, 1.807) is 0 Å². The Bertz CT molecular complexity index is 669. The lowest BCUT2D eigenvalue weighted by Gasteiger charge is -2.04. The van der Waals surface area contributed by atoms with Crippen molar-refractivity contribution >= 4 is 16.6 Å². The fourth-order valence-corrected chi connectivity index (χ4v) is 2.10. The fraction of sp³-hybridized carbons (Fsp3) is 0.0714. The number of nitrogens with two attached hydrogens (primary N) is 1. The summed E-state index contributed by atoms with van der Waals surface area (Å²) < 4.78 is 1.90. The van der Waals surface area contributed by atoms with Crippen molar-refractivity contribution < 1.29 is 0 Å². The maximum atomic E-state index is 6.05. The van der Waals surface area contributed by atoms with E-state index in [2.05, 4.69) is 5.10 Å². The van der Waals surface area contributed by atoms with E-state index in [0.29, 0.717) is 0 Å². The Morgan fingerprint density at radius 3 is 2.53 bits per heavy atom. The highest BCUT2D eigenvalue weighted by Gasteiger charge is 2.10. The van der Waals surface area contributed by atoms with E-state index in [0.717, 1.165) is 28.0 Å². The van der Waals surface area contributed by atoms with Crippen molar-refractivity contribution in [2.45, 2.75) is 6.92 Å². The Balaban J connectivity index is 2.38. The van der Waals surface area contributed by atoms with Gasteiger partial charge in [0.15, 0.2) is 0 Å². The molecule has 84 valence electrons. The van der Waals surface area contributed by atoms with E-state index in [1.165, 1.54) is 0 Å². The van der Waals surface area contributed by atoms with Gasteiger partial charge in [-0.2, -0.15) is 5.10 Å². The largest absolute Gasteiger partial charge is 0.397 e. The molecule has 0 saturated heterocycles. The third-order valence-corrected chi connectivity index (χ3v) is 2.92. The maximum absolute atomic E-state index is 6.05. The molecule has 0 amide bonds. The number of hydrogen-bond acceptors (Lipinski definition) is 2. The molecule has 2 aromatic carbocycles. The molecular weight excluding hydrogens is 210 g/mol. The molecule has 0 aliphatic rings. The highest BCUT2D eigenvalue weighted by atomic mass is 15.3. The van der Waals surface area contributed by atoms with Gasteiger partial charge in [-0.15, -0.1) is 0 Å². The molecule has 0 fully saturated rings. The van der Waals surface area contributed by atoms with Gasteiger partial charge in [-0.25, -0.2) is 4.68 Å². The number of aryl methyl sites for hydroxylation is 1. The predicted octanol–water partition coefficient (Wildman–Crippen LogP) is 2.92. The standard InChI is InChI=1S/C14H13N3/c1-10-12-8-5-9-13(15)14(12)17(16-10)11-6-3-2-4-7-11/h2-9H,15H2,1H3. The summed E-state index contributed by atoms with van der Waals surface area (Å²) in [6, 6.07) is 16.0. The summed E-state index contributed by atoms with van der Waals surface area (Å²) in [7, 11) is 0. The van der Waals surface area contributed by atoms with E-state index in [9.17, 15) is 0 Å². The van der Waals surface area contributed by atoms with E-state index in [1.807, 2.05) is 60.1 Å². The van der Waals surface area contributed by atoms with Crippen LogP contribution in [0.25, 0.3) is 16.6 Å². The average Bonchev–Trinajstić information content (AvgIpc) is 2.70. The minimum atomic E-state index is 0.756. The Morgan fingerprint density at radius 2 is 1.76 bits per heavy atom. The first-order valence-corrected chi connectivity index (χ1v) is 5.56. The van der Waals surface area contributed by atoms with Crippen molar-refractivity contribution in [3.8, 4) is 5.69 Å². The Kier molecular flexibility index (Phi) is 2.11. The van der Waals surface area contributed by atoms with Crippen molar-refractivity contribution in [2.24, 2.45) is 0 Å². The van der Waals surface area contributed by atoms with Crippen LogP contribution in [0, 0.1) is 6.92 Å². The minimum absolute atomic E-state index is 0.756. The molecule has 0 spiro atoms. The van der Waals surface area contributed by atoms with Crippen LogP contribution in [0.4, 0.5) is 5.69 Å². The van der Waals surface area contributed by atoms with Gasteiger partial charge in [-0.1, -0.05) is 30.3 Å². The first-order chi connectivity index (χ1) is 8.27. The summed E-state index contributed by atoms with van der Waals surface area (Å²) in [5, 5.41) is 5.66. The smallest absolute Gasteiger partial charge is 0.0973 e. The summed E-state index contributed by atoms with van der Waals surface area (Å²) >= 11 is 0. The predicted molar refractivity (Wildman–Crippen MR) is 70.2 cm³/mol. The van der Waals surface area contributed by atoms with Gasteiger partial charge in [0.1, 0.15) is 0 Å². The summed E-state index contributed by atoms with van der Waals surface area (Å²) in [5.41, 5.74) is 9.81. The number of hydrogen-bond donors (Lipinski definition) is 1. The quantitative estimate of drug-likeness (QED) is 0.644. The van der Waals surface area contributed by atoms with Gasteiger partial charge in [-0.05, 0) is 25.1 Å². The molecule has 0 saturated carbocycles. The lowest BCUT2D eigenvalue weighted by atomic mass is 10.2. The zero-order chi connectivity index (χ0) is 11.8. The Labute approximate surface area is 99.5 Å². The molecule has 3 heteroatoms. The van der Waals surface area contributed by atoms with E-state index < -0.39 is 0 Å². The van der Waals surface area contributed by atoms with Gasteiger partial charge >= 0.3 is 0 Å². The van der Waals surface area contributed by atoms with E-state index in [4.69, 9.17) is 5.73 Å². The molecule has 3 rings (SSSR count).